The van der Waals surface area contributed by atoms with Gasteiger partial charge in [-0.25, -0.2) is 4.68 Å². The first kappa shape index (κ1) is 11.8. The van der Waals surface area contributed by atoms with E-state index in [1.54, 1.807) is 17.1 Å². The lowest BCUT2D eigenvalue weighted by molar-refractivity contribution is 0.613. The van der Waals surface area contributed by atoms with Gasteiger partial charge in [-0.3, -0.25) is 9.48 Å². The second kappa shape index (κ2) is 4.70. The highest BCUT2D eigenvalue weighted by Gasteiger charge is 2.08. The summed E-state index contributed by atoms with van der Waals surface area (Å²) in [6, 6.07) is 0. The Balaban J connectivity index is 2.34. The van der Waals surface area contributed by atoms with Crippen molar-refractivity contribution in [1.29, 1.82) is 0 Å². The first-order valence-electron chi connectivity index (χ1n) is 5.13. The van der Waals surface area contributed by atoms with Crippen LogP contribution in [0.25, 0.3) is 0 Å². The first-order chi connectivity index (χ1) is 8.11. The van der Waals surface area contributed by atoms with Crippen molar-refractivity contribution in [2.75, 3.05) is 5.32 Å². The van der Waals surface area contributed by atoms with E-state index in [9.17, 15) is 4.79 Å². The number of hydrogen-bond donors (Lipinski definition) is 1. The molecule has 0 bridgehead atoms. The largest absolute Gasteiger partial charge is 0.351 e. The molecule has 0 fully saturated rings. The minimum absolute atomic E-state index is 0.151. The first-order valence-corrected chi connectivity index (χ1v) is 5.92. The third-order valence-corrected chi connectivity index (χ3v) is 3.03. The second-order valence-electron chi connectivity index (χ2n) is 3.52. The van der Waals surface area contributed by atoms with Crippen LogP contribution in [0, 0.1) is 0 Å². The lowest BCUT2D eigenvalue weighted by Crippen LogP contribution is -2.23. The van der Waals surface area contributed by atoms with Gasteiger partial charge in [-0.15, -0.1) is 0 Å². The van der Waals surface area contributed by atoms with Crippen LogP contribution in [0.4, 0.5) is 11.4 Å². The van der Waals surface area contributed by atoms with E-state index in [0.717, 1.165) is 5.69 Å². The Labute approximate surface area is 106 Å². The van der Waals surface area contributed by atoms with Gasteiger partial charge in [0.1, 0.15) is 4.47 Å². The monoisotopic (exact) mass is 297 g/mol. The van der Waals surface area contributed by atoms with E-state index < -0.39 is 0 Å². The van der Waals surface area contributed by atoms with Crippen LogP contribution in [0.3, 0.4) is 0 Å². The van der Waals surface area contributed by atoms with E-state index in [1.807, 2.05) is 20.2 Å². The highest BCUT2D eigenvalue weighted by Crippen LogP contribution is 2.20. The molecule has 0 spiro atoms. The summed E-state index contributed by atoms with van der Waals surface area (Å²) in [6.07, 6.45) is 5.11. The zero-order chi connectivity index (χ0) is 12.4. The molecular formula is C10H12BrN5O. The Kier molecular flexibility index (Phi) is 3.28. The predicted molar refractivity (Wildman–Crippen MR) is 68.4 cm³/mol. The van der Waals surface area contributed by atoms with Crippen molar-refractivity contribution in [3.8, 4) is 0 Å². The molecule has 2 aromatic rings. The molecule has 2 heterocycles. The Hall–Kier alpha value is -1.63. The smallest absolute Gasteiger partial charge is 0.283 e. The van der Waals surface area contributed by atoms with Crippen molar-refractivity contribution in [3.63, 3.8) is 0 Å². The van der Waals surface area contributed by atoms with Gasteiger partial charge in [0, 0.05) is 19.8 Å². The van der Waals surface area contributed by atoms with Crippen LogP contribution in [0.1, 0.15) is 6.92 Å². The number of aryl methyl sites for hydroxylation is 2. The molecule has 0 aliphatic heterocycles. The van der Waals surface area contributed by atoms with Crippen molar-refractivity contribution >= 4 is 27.3 Å². The zero-order valence-corrected chi connectivity index (χ0v) is 11.1. The fraction of sp³-hybridized carbons (Fsp3) is 0.300. The fourth-order valence-electron chi connectivity index (χ4n) is 1.42. The number of nitrogens with one attached hydrogen (secondary N) is 1. The number of aromatic nitrogens is 4. The molecule has 2 aromatic heterocycles. The van der Waals surface area contributed by atoms with Crippen LogP contribution in [-0.4, -0.2) is 19.6 Å². The molecule has 0 aliphatic carbocycles. The zero-order valence-electron chi connectivity index (χ0n) is 9.51. The average Bonchev–Trinajstić information content (AvgIpc) is 2.71. The number of hydrogen-bond acceptors (Lipinski definition) is 4. The Morgan fingerprint density at radius 1 is 1.41 bits per heavy atom. The molecule has 0 saturated heterocycles. The maximum atomic E-state index is 11.8. The summed E-state index contributed by atoms with van der Waals surface area (Å²) >= 11 is 3.27. The predicted octanol–water partition coefficient (Wildman–Crippen LogP) is 1.50. The van der Waals surface area contributed by atoms with Gasteiger partial charge in [-0.1, -0.05) is 0 Å². The van der Waals surface area contributed by atoms with Crippen LogP contribution in [0.2, 0.25) is 0 Å². The summed E-state index contributed by atoms with van der Waals surface area (Å²) in [5.74, 6) is 0. The van der Waals surface area contributed by atoms with E-state index in [-0.39, 0.29) is 5.56 Å². The van der Waals surface area contributed by atoms with Crippen molar-refractivity contribution in [1.82, 2.24) is 19.6 Å². The number of anilines is 2. The minimum atomic E-state index is -0.151. The van der Waals surface area contributed by atoms with Crippen molar-refractivity contribution in [3.05, 3.63) is 33.4 Å². The lowest BCUT2D eigenvalue weighted by Gasteiger charge is -2.07. The van der Waals surface area contributed by atoms with Crippen molar-refractivity contribution < 1.29 is 0 Å². The highest BCUT2D eigenvalue weighted by molar-refractivity contribution is 9.10. The molecule has 90 valence electrons. The molecule has 0 unspecified atom stereocenters. The maximum Gasteiger partial charge on any atom is 0.283 e. The van der Waals surface area contributed by atoms with Gasteiger partial charge in [0.15, 0.2) is 0 Å². The van der Waals surface area contributed by atoms with Gasteiger partial charge in [-0.05, 0) is 22.9 Å². The molecule has 7 heteroatoms. The van der Waals surface area contributed by atoms with Gasteiger partial charge in [0.25, 0.3) is 5.56 Å². The molecule has 0 amide bonds. The average molecular weight is 298 g/mol. The van der Waals surface area contributed by atoms with Crippen LogP contribution in [-0.2, 0) is 13.6 Å². The van der Waals surface area contributed by atoms with Gasteiger partial charge in [-0.2, -0.15) is 10.2 Å². The SMILES string of the molecule is CCn1ncc(Nc2cnn(C)c2)c(Br)c1=O. The summed E-state index contributed by atoms with van der Waals surface area (Å²) in [4.78, 5) is 11.8. The van der Waals surface area contributed by atoms with Crippen LogP contribution in [0.15, 0.2) is 27.9 Å². The standard InChI is InChI=1S/C10H12BrN5O/c1-3-16-10(17)9(11)8(5-13-16)14-7-4-12-15(2)6-7/h4-6,14H,3H2,1-2H3. The third kappa shape index (κ3) is 2.38. The molecule has 1 N–H and O–H groups in total. The molecule has 0 saturated carbocycles. The third-order valence-electron chi connectivity index (χ3n) is 2.27. The van der Waals surface area contributed by atoms with Crippen LogP contribution >= 0.6 is 15.9 Å². The van der Waals surface area contributed by atoms with E-state index >= 15 is 0 Å². The molecule has 6 nitrogen and oxygen atoms in total. The molecule has 17 heavy (non-hydrogen) atoms. The summed E-state index contributed by atoms with van der Waals surface area (Å²) in [7, 11) is 1.83. The fourth-order valence-corrected chi connectivity index (χ4v) is 1.82. The molecule has 2 rings (SSSR count). The second-order valence-corrected chi connectivity index (χ2v) is 4.31. The normalized spacial score (nSPS) is 10.5. The van der Waals surface area contributed by atoms with E-state index in [4.69, 9.17) is 0 Å². The summed E-state index contributed by atoms with van der Waals surface area (Å²) in [6.45, 7) is 2.42. The van der Waals surface area contributed by atoms with Gasteiger partial charge < -0.3 is 5.32 Å². The molecule has 0 aliphatic rings. The van der Waals surface area contributed by atoms with Crippen molar-refractivity contribution in [2.24, 2.45) is 7.05 Å². The minimum Gasteiger partial charge on any atom is -0.351 e. The molecular weight excluding hydrogens is 286 g/mol. The Morgan fingerprint density at radius 3 is 2.76 bits per heavy atom. The summed E-state index contributed by atoms with van der Waals surface area (Å²) in [5.41, 5.74) is 1.29. The van der Waals surface area contributed by atoms with Crippen molar-refractivity contribution in [2.45, 2.75) is 13.5 Å². The molecule has 0 atom stereocenters. The van der Waals surface area contributed by atoms with Gasteiger partial charge in [0.2, 0.25) is 0 Å². The highest BCUT2D eigenvalue weighted by atomic mass is 79.9. The lowest BCUT2D eigenvalue weighted by atomic mass is 10.4. The topological polar surface area (TPSA) is 64.7 Å². The number of halogens is 1. The number of rotatable bonds is 3. The quantitative estimate of drug-likeness (QED) is 0.932. The van der Waals surface area contributed by atoms with E-state index in [2.05, 4.69) is 31.4 Å². The van der Waals surface area contributed by atoms with Crippen LogP contribution in [0.5, 0.6) is 0 Å². The van der Waals surface area contributed by atoms with E-state index in [0.29, 0.717) is 16.7 Å². The van der Waals surface area contributed by atoms with Gasteiger partial charge in [0.05, 0.1) is 23.8 Å². The molecule has 0 aromatic carbocycles. The number of nitrogens with zero attached hydrogens (tertiary/aromatic N) is 4. The maximum absolute atomic E-state index is 11.8. The van der Waals surface area contributed by atoms with E-state index in [1.165, 1.54) is 4.68 Å². The van der Waals surface area contributed by atoms with Gasteiger partial charge >= 0.3 is 0 Å². The Bertz CT molecular complexity index is 589. The van der Waals surface area contributed by atoms with Crippen LogP contribution < -0.4 is 10.9 Å². The Morgan fingerprint density at radius 2 is 2.18 bits per heavy atom. The summed E-state index contributed by atoms with van der Waals surface area (Å²) < 4.78 is 3.54. The molecule has 0 radical (unpaired) electrons. The summed E-state index contributed by atoms with van der Waals surface area (Å²) in [5, 5.41) is 11.2.